The van der Waals surface area contributed by atoms with Crippen molar-refractivity contribution in [3.8, 4) is 5.75 Å². The lowest BCUT2D eigenvalue weighted by molar-refractivity contribution is -0.147. The molecule has 1 atom stereocenters. The molecule has 0 aromatic heterocycles. The Hall–Kier alpha value is -4.08. The van der Waals surface area contributed by atoms with Gasteiger partial charge in [-0.1, -0.05) is 12.1 Å². The molecule has 10 heteroatoms. The number of hydrogen-bond acceptors (Lipinski definition) is 5. The largest absolute Gasteiger partial charge is 0.497 e. The summed E-state index contributed by atoms with van der Waals surface area (Å²) in [6, 6.07) is 10.8. The Balaban J connectivity index is 2.15. The van der Waals surface area contributed by atoms with Gasteiger partial charge in [0.2, 0.25) is 0 Å². The summed E-state index contributed by atoms with van der Waals surface area (Å²) in [5.41, 5.74) is 4.02. The van der Waals surface area contributed by atoms with E-state index in [1.54, 1.807) is 6.07 Å². The molecule has 0 spiro atoms. The molecule has 1 fully saturated rings. The maximum Gasteiger partial charge on any atom is 0.416 e. The van der Waals surface area contributed by atoms with Crippen molar-refractivity contribution >= 4 is 29.6 Å². The molecule has 3 rings (SSSR count). The van der Waals surface area contributed by atoms with Gasteiger partial charge < -0.3 is 20.7 Å². The molecule has 29 heavy (non-hydrogen) atoms. The molecule has 2 aromatic rings. The number of nitrogens with two attached hydrogens (primary N) is 1. The highest BCUT2D eigenvalue weighted by molar-refractivity contribution is 6.09. The quantitative estimate of drug-likeness (QED) is 0.442. The number of ether oxygens (including phenoxy) is 1. The molecule has 10 nitrogen and oxygen atoms in total. The van der Waals surface area contributed by atoms with Gasteiger partial charge in [0.15, 0.2) is 5.54 Å². The number of rotatable bonds is 5. The topological polar surface area (TPSA) is 157 Å². The molecule has 2 aromatic carbocycles. The van der Waals surface area contributed by atoms with Crippen LogP contribution in [0.25, 0.3) is 0 Å². The van der Waals surface area contributed by atoms with E-state index < -0.39 is 30.2 Å². The third kappa shape index (κ3) is 3.10. The van der Waals surface area contributed by atoms with Gasteiger partial charge in [-0.05, 0) is 42.0 Å². The average molecular weight is 398 g/mol. The zero-order valence-corrected chi connectivity index (χ0v) is 15.3. The van der Waals surface area contributed by atoms with Crippen LogP contribution < -0.4 is 15.4 Å². The van der Waals surface area contributed by atoms with Crippen molar-refractivity contribution in [3.05, 3.63) is 59.7 Å². The van der Waals surface area contributed by atoms with Gasteiger partial charge in [0.1, 0.15) is 11.6 Å². The lowest BCUT2D eigenvalue weighted by Gasteiger charge is -2.30. The summed E-state index contributed by atoms with van der Waals surface area (Å²) in [6.45, 7) is -0.444. The fraction of sp³-hybridized carbons (Fsp3) is 0.158. The van der Waals surface area contributed by atoms with Gasteiger partial charge >= 0.3 is 18.1 Å². The Kier molecular flexibility index (Phi) is 4.85. The molecule has 1 aliphatic rings. The van der Waals surface area contributed by atoms with Gasteiger partial charge in [0.25, 0.3) is 0 Å². The summed E-state index contributed by atoms with van der Waals surface area (Å²) in [7, 11) is 1.39. The lowest BCUT2D eigenvalue weighted by atomic mass is 9.89. The molecule has 0 radical (unpaired) electrons. The number of carboxylic acid groups (broad SMARTS) is 2. The van der Waals surface area contributed by atoms with Gasteiger partial charge in [-0.25, -0.2) is 19.3 Å². The van der Waals surface area contributed by atoms with Crippen molar-refractivity contribution < 1.29 is 29.3 Å². The third-order valence-electron chi connectivity index (χ3n) is 4.77. The van der Waals surface area contributed by atoms with Crippen molar-refractivity contribution in [2.75, 3.05) is 18.6 Å². The Morgan fingerprint density at radius 1 is 1.17 bits per heavy atom. The Morgan fingerprint density at radius 2 is 1.83 bits per heavy atom. The number of imide groups is 1. The highest BCUT2D eigenvalue weighted by atomic mass is 16.5. The summed E-state index contributed by atoms with van der Waals surface area (Å²) in [5.74, 6) is -1.35. The van der Waals surface area contributed by atoms with Crippen LogP contribution in [-0.2, 0) is 10.3 Å². The molecule has 0 aliphatic carbocycles. The van der Waals surface area contributed by atoms with Crippen LogP contribution in [0.4, 0.5) is 15.3 Å². The van der Waals surface area contributed by atoms with Gasteiger partial charge in [-0.3, -0.25) is 10.3 Å². The molecule has 1 heterocycles. The predicted molar refractivity (Wildman–Crippen MR) is 102 cm³/mol. The first-order chi connectivity index (χ1) is 13.7. The van der Waals surface area contributed by atoms with Gasteiger partial charge in [0, 0.05) is 11.3 Å². The van der Waals surface area contributed by atoms with Crippen molar-refractivity contribution in [2.45, 2.75) is 5.54 Å². The molecule has 1 saturated heterocycles. The molecule has 5 N–H and O–H groups in total. The number of hydrogen-bond donors (Lipinski definition) is 4. The highest BCUT2D eigenvalue weighted by Crippen LogP contribution is 2.40. The van der Waals surface area contributed by atoms with E-state index in [-0.39, 0.29) is 17.1 Å². The minimum atomic E-state index is -2.17. The summed E-state index contributed by atoms with van der Waals surface area (Å²) in [6.07, 6.45) is -1.69. The summed E-state index contributed by atoms with van der Waals surface area (Å²) in [5, 5.41) is 27.1. The number of carbonyl (C=O) groups is 3. The number of carbonyl (C=O) groups excluding carboxylic acids is 1. The minimum absolute atomic E-state index is 0.0861. The molecule has 3 amide bonds. The third-order valence-corrected chi connectivity index (χ3v) is 4.77. The Morgan fingerprint density at radius 3 is 2.34 bits per heavy atom. The summed E-state index contributed by atoms with van der Waals surface area (Å²) in [4.78, 5) is 38.5. The Bertz CT molecular complexity index is 1010. The molecule has 1 unspecified atom stereocenters. The lowest BCUT2D eigenvalue weighted by Crippen LogP contribution is -2.53. The number of benzene rings is 2. The summed E-state index contributed by atoms with van der Waals surface area (Å²) >= 11 is 0. The van der Waals surface area contributed by atoms with Crippen LogP contribution in [0.3, 0.4) is 0 Å². The second-order valence-electron chi connectivity index (χ2n) is 6.34. The van der Waals surface area contributed by atoms with Crippen molar-refractivity contribution in [2.24, 2.45) is 5.73 Å². The first kappa shape index (κ1) is 19.7. The number of methoxy groups -OCH3 is 1. The first-order valence-corrected chi connectivity index (χ1v) is 8.39. The Labute approximate surface area is 165 Å². The zero-order chi connectivity index (χ0) is 21.3. The summed E-state index contributed by atoms with van der Waals surface area (Å²) < 4.78 is 5.12. The smallest absolute Gasteiger partial charge is 0.416 e. The number of amidine groups is 1. The van der Waals surface area contributed by atoms with E-state index in [0.717, 1.165) is 4.90 Å². The number of anilines is 1. The highest BCUT2D eigenvalue weighted by Gasteiger charge is 2.60. The second-order valence-corrected chi connectivity index (χ2v) is 6.34. The fourth-order valence-corrected chi connectivity index (χ4v) is 3.31. The molecule has 150 valence electrons. The zero-order valence-electron chi connectivity index (χ0n) is 15.3. The minimum Gasteiger partial charge on any atom is -0.497 e. The van der Waals surface area contributed by atoms with Gasteiger partial charge in [-0.2, -0.15) is 0 Å². The van der Waals surface area contributed by atoms with Crippen molar-refractivity contribution in [3.63, 3.8) is 0 Å². The van der Waals surface area contributed by atoms with Crippen LogP contribution in [0.15, 0.2) is 48.5 Å². The molecular weight excluding hydrogens is 380 g/mol. The van der Waals surface area contributed by atoms with E-state index in [9.17, 15) is 24.6 Å². The standard InChI is InChI=1S/C19H18N4O6/c1-29-14-4-2-3-12(9-14)19(16(24)25)10-22(17(26)23(19)18(27)28)13-7-5-11(6-8-13)15(20)21/h2-9H,10H2,1H3,(H3,20,21)(H,24,25)(H,27,28). The van der Waals surface area contributed by atoms with Crippen LogP contribution >= 0.6 is 0 Å². The van der Waals surface area contributed by atoms with E-state index in [1.807, 2.05) is 0 Å². The molecule has 0 bridgehead atoms. The van der Waals surface area contributed by atoms with E-state index in [4.69, 9.17) is 15.9 Å². The van der Waals surface area contributed by atoms with Gasteiger partial charge in [-0.15, -0.1) is 0 Å². The molecule has 0 saturated carbocycles. The monoisotopic (exact) mass is 398 g/mol. The van der Waals surface area contributed by atoms with Crippen LogP contribution in [0.2, 0.25) is 0 Å². The molecular formula is C19H18N4O6. The number of urea groups is 1. The number of amides is 3. The van der Waals surface area contributed by atoms with E-state index >= 15 is 0 Å². The fourth-order valence-electron chi connectivity index (χ4n) is 3.31. The number of nitrogens with zero attached hydrogens (tertiary/aromatic N) is 2. The average Bonchev–Trinajstić information content (AvgIpc) is 3.02. The van der Waals surface area contributed by atoms with E-state index in [2.05, 4.69) is 0 Å². The van der Waals surface area contributed by atoms with Crippen molar-refractivity contribution in [1.29, 1.82) is 5.41 Å². The van der Waals surface area contributed by atoms with E-state index in [0.29, 0.717) is 16.2 Å². The number of nitrogen functional groups attached to an aromatic ring is 1. The number of carboxylic acids is 1. The first-order valence-electron chi connectivity index (χ1n) is 8.39. The van der Waals surface area contributed by atoms with Crippen LogP contribution in [0, 0.1) is 5.41 Å². The van der Waals surface area contributed by atoms with Crippen LogP contribution in [0.5, 0.6) is 5.75 Å². The molecule has 1 aliphatic heterocycles. The maximum absolute atomic E-state index is 12.9. The normalized spacial score (nSPS) is 18.6. The van der Waals surface area contributed by atoms with Crippen LogP contribution in [-0.4, -0.2) is 52.7 Å². The number of aliphatic carboxylic acids is 1. The SMILES string of the molecule is COc1cccc(C2(C(=O)O)CN(c3ccc(C(=N)N)cc3)C(=O)N2C(=O)O)c1. The van der Waals surface area contributed by atoms with Crippen LogP contribution in [0.1, 0.15) is 11.1 Å². The van der Waals surface area contributed by atoms with E-state index in [1.165, 1.54) is 49.6 Å². The predicted octanol–water partition coefficient (Wildman–Crippen LogP) is 1.88. The number of nitrogens with one attached hydrogen (secondary N) is 1. The van der Waals surface area contributed by atoms with Gasteiger partial charge in [0.05, 0.1) is 13.7 Å². The second kappa shape index (κ2) is 7.15. The maximum atomic E-state index is 12.9. The van der Waals surface area contributed by atoms with Crippen molar-refractivity contribution in [1.82, 2.24) is 4.90 Å².